The molecule has 0 bridgehead atoms. The number of methoxy groups -OCH3 is 1. The molecule has 0 radical (unpaired) electrons. The third-order valence-electron chi connectivity index (χ3n) is 4.22. The molecule has 1 rings (SSSR count). The first-order valence-electron chi connectivity index (χ1n) is 8.03. The van der Waals surface area contributed by atoms with Crippen LogP contribution >= 0.6 is 0 Å². The quantitative estimate of drug-likeness (QED) is 0.652. The highest BCUT2D eigenvalue weighted by Gasteiger charge is 2.36. The maximum atomic E-state index is 10.2. The summed E-state index contributed by atoms with van der Waals surface area (Å²) in [6.07, 6.45) is 9.49. The molecule has 0 unspecified atom stereocenters. The van der Waals surface area contributed by atoms with E-state index in [0.717, 1.165) is 12.8 Å². The lowest BCUT2D eigenvalue weighted by molar-refractivity contribution is -0.172. The van der Waals surface area contributed by atoms with E-state index >= 15 is 0 Å². The van der Waals surface area contributed by atoms with Crippen molar-refractivity contribution < 1.29 is 14.6 Å². The summed E-state index contributed by atoms with van der Waals surface area (Å²) in [6.45, 7) is 5.02. The van der Waals surface area contributed by atoms with E-state index in [1.165, 1.54) is 38.5 Å². The molecule has 1 fully saturated rings. The van der Waals surface area contributed by atoms with Crippen LogP contribution in [0.2, 0.25) is 0 Å². The zero-order valence-electron chi connectivity index (χ0n) is 12.9. The molecule has 3 heteroatoms. The van der Waals surface area contributed by atoms with Gasteiger partial charge in [-0.25, -0.2) is 0 Å². The second-order valence-corrected chi connectivity index (χ2v) is 5.95. The van der Waals surface area contributed by atoms with Crippen LogP contribution in [-0.2, 0) is 9.47 Å². The predicted octanol–water partition coefficient (Wildman–Crippen LogP) is 3.54. The number of aliphatic hydroxyl groups excluding tert-OH is 1. The van der Waals surface area contributed by atoms with Crippen molar-refractivity contribution in [2.24, 2.45) is 5.92 Å². The Morgan fingerprint density at radius 2 is 1.74 bits per heavy atom. The molecule has 0 aliphatic carbocycles. The molecule has 0 spiro atoms. The van der Waals surface area contributed by atoms with Crippen molar-refractivity contribution in [2.45, 2.75) is 83.5 Å². The number of aliphatic hydroxyl groups is 1. The van der Waals surface area contributed by atoms with Crippen LogP contribution in [0.5, 0.6) is 0 Å². The van der Waals surface area contributed by atoms with E-state index in [4.69, 9.17) is 9.47 Å². The SMILES string of the molecule is CCCCCCCCC[C@@H]1OC[C@H](C)[C@H](OC)[C@@H]1O. The van der Waals surface area contributed by atoms with Gasteiger partial charge in [-0.1, -0.05) is 58.8 Å². The largest absolute Gasteiger partial charge is 0.388 e. The van der Waals surface area contributed by atoms with E-state index in [0.29, 0.717) is 6.61 Å². The van der Waals surface area contributed by atoms with E-state index in [1.807, 2.05) is 0 Å². The third-order valence-corrected chi connectivity index (χ3v) is 4.22. The molecule has 114 valence electrons. The molecule has 4 atom stereocenters. The molecule has 0 aromatic rings. The van der Waals surface area contributed by atoms with Crippen LogP contribution < -0.4 is 0 Å². The highest BCUT2D eigenvalue weighted by molar-refractivity contribution is 4.85. The molecule has 19 heavy (non-hydrogen) atoms. The highest BCUT2D eigenvalue weighted by atomic mass is 16.5. The van der Waals surface area contributed by atoms with E-state index in [2.05, 4.69) is 13.8 Å². The Kier molecular flexibility index (Phi) is 8.67. The monoisotopic (exact) mass is 272 g/mol. The Hall–Kier alpha value is -0.120. The Labute approximate surface area is 118 Å². The number of ether oxygens (including phenoxy) is 2. The molecule has 1 aliphatic rings. The summed E-state index contributed by atoms with van der Waals surface area (Å²) in [5.41, 5.74) is 0. The van der Waals surface area contributed by atoms with Gasteiger partial charge < -0.3 is 14.6 Å². The summed E-state index contributed by atoms with van der Waals surface area (Å²) in [5, 5.41) is 10.2. The van der Waals surface area contributed by atoms with Crippen molar-refractivity contribution in [3.05, 3.63) is 0 Å². The van der Waals surface area contributed by atoms with Gasteiger partial charge in [0.05, 0.1) is 18.8 Å². The lowest BCUT2D eigenvalue weighted by Crippen LogP contribution is -2.50. The first kappa shape index (κ1) is 16.9. The maximum absolute atomic E-state index is 10.2. The topological polar surface area (TPSA) is 38.7 Å². The van der Waals surface area contributed by atoms with Crippen molar-refractivity contribution >= 4 is 0 Å². The number of hydrogen-bond acceptors (Lipinski definition) is 3. The van der Waals surface area contributed by atoms with Crippen molar-refractivity contribution in [1.82, 2.24) is 0 Å². The highest BCUT2D eigenvalue weighted by Crippen LogP contribution is 2.25. The summed E-state index contributed by atoms with van der Waals surface area (Å²) in [7, 11) is 1.68. The summed E-state index contributed by atoms with van der Waals surface area (Å²) >= 11 is 0. The van der Waals surface area contributed by atoms with Gasteiger partial charge in [0, 0.05) is 13.0 Å². The summed E-state index contributed by atoms with van der Waals surface area (Å²) in [4.78, 5) is 0. The van der Waals surface area contributed by atoms with Crippen LogP contribution in [0.3, 0.4) is 0 Å². The average molecular weight is 272 g/mol. The van der Waals surface area contributed by atoms with Crippen molar-refractivity contribution in [3.63, 3.8) is 0 Å². The van der Waals surface area contributed by atoms with E-state index in [9.17, 15) is 5.11 Å². The fourth-order valence-electron chi connectivity index (χ4n) is 2.95. The second-order valence-electron chi connectivity index (χ2n) is 5.95. The van der Waals surface area contributed by atoms with Crippen LogP contribution in [0.25, 0.3) is 0 Å². The first-order valence-corrected chi connectivity index (χ1v) is 8.03. The molecular weight excluding hydrogens is 240 g/mol. The molecule has 3 nitrogen and oxygen atoms in total. The van der Waals surface area contributed by atoms with Gasteiger partial charge in [-0.2, -0.15) is 0 Å². The molecule has 1 heterocycles. The van der Waals surface area contributed by atoms with Crippen molar-refractivity contribution in [1.29, 1.82) is 0 Å². The van der Waals surface area contributed by atoms with Crippen LogP contribution in [-0.4, -0.2) is 37.1 Å². The zero-order valence-corrected chi connectivity index (χ0v) is 12.9. The molecule has 0 aromatic heterocycles. The van der Waals surface area contributed by atoms with Crippen LogP contribution in [0.1, 0.15) is 65.2 Å². The minimum absolute atomic E-state index is 0.0307. The average Bonchev–Trinajstić information content (AvgIpc) is 2.40. The van der Waals surface area contributed by atoms with Gasteiger partial charge in [0.25, 0.3) is 0 Å². The van der Waals surface area contributed by atoms with Crippen molar-refractivity contribution in [3.8, 4) is 0 Å². The standard InChI is InChI=1S/C16H32O3/c1-4-5-6-7-8-9-10-11-14-15(17)16(18-3)13(2)12-19-14/h13-17H,4-12H2,1-3H3/t13-,14-,15+,16-/m0/s1. The predicted molar refractivity (Wildman–Crippen MR) is 78.3 cm³/mol. The lowest BCUT2D eigenvalue weighted by atomic mass is 9.91. The Morgan fingerprint density at radius 3 is 2.37 bits per heavy atom. The third kappa shape index (κ3) is 5.80. The molecule has 0 saturated carbocycles. The number of unbranched alkanes of at least 4 members (excludes halogenated alkanes) is 6. The van der Waals surface area contributed by atoms with Crippen LogP contribution in [0.4, 0.5) is 0 Å². The zero-order chi connectivity index (χ0) is 14.1. The van der Waals surface area contributed by atoms with Gasteiger partial charge in [0.1, 0.15) is 6.10 Å². The Balaban J connectivity index is 2.12. The fraction of sp³-hybridized carbons (Fsp3) is 1.00. The van der Waals surface area contributed by atoms with Crippen LogP contribution in [0, 0.1) is 5.92 Å². The summed E-state index contributed by atoms with van der Waals surface area (Å²) in [6, 6.07) is 0. The van der Waals surface area contributed by atoms with E-state index in [1.54, 1.807) is 7.11 Å². The van der Waals surface area contributed by atoms with Crippen molar-refractivity contribution in [2.75, 3.05) is 13.7 Å². The van der Waals surface area contributed by atoms with Gasteiger partial charge >= 0.3 is 0 Å². The van der Waals surface area contributed by atoms with E-state index < -0.39 is 6.10 Å². The number of hydrogen-bond donors (Lipinski definition) is 1. The smallest absolute Gasteiger partial charge is 0.107 e. The van der Waals surface area contributed by atoms with Gasteiger partial charge in [-0.3, -0.25) is 0 Å². The Morgan fingerprint density at radius 1 is 1.11 bits per heavy atom. The normalized spacial score (nSPS) is 31.6. The van der Waals surface area contributed by atoms with Gasteiger partial charge in [0.15, 0.2) is 0 Å². The number of rotatable bonds is 9. The minimum Gasteiger partial charge on any atom is -0.388 e. The molecule has 0 aromatic carbocycles. The van der Waals surface area contributed by atoms with Gasteiger partial charge in [-0.15, -0.1) is 0 Å². The molecule has 0 amide bonds. The lowest BCUT2D eigenvalue weighted by Gasteiger charge is -2.38. The van der Waals surface area contributed by atoms with Crippen LogP contribution in [0.15, 0.2) is 0 Å². The minimum atomic E-state index is -0.464. The molecule has 1 N–H and O–H groups in total. The molecule has 1 aliphatic heterocycles. The maximum Gasteiger partial charge on any atom is 0.107 e. The first-order chi connectivity index (χ1) is 9.20. The van der Waals surface area contributed by atoms with Gasteiger partial charge in [0.2, 0.25) is 0 Å². The molecular formula is C16H32O3. The Bertz CT molecular complexity index is 220. The summed E-state index contributed by atoms with van der Waals surface area (Å²) in [5.74, 6) is 0.283. The second kappa shape index (κ2) is 9.73. The summed E-state index contributed by atoms with van der Waals surface area (Å²) < 4.78 is 11.1. The molecule has 1 saturated heterocycles. The fourth-order valence-corrected chi connectivity index (χ4v) is 2.95. The van der Waals surface area contributed by atoms with E-state index in [-0.39, 0.29) is 18.1 Å². The van der Waals surface area contributed by atoms with Gasteiger partial charge in [-0.05, 0) is 6.42 Å².